The average molecular weight is 278 g/mol. The number of amides is 2. The van der Waals surface area contributed by atoms with E-state index in [-0.39, 0.29) is 6.54 Å². The zero-order valence-electron chi connectivity index (χ0n) is 12.1. The van der Waals surface area contributed by atoms with Gasteiger partial charge in [-0.25, -0.2) is 0 Å². The van der Waals surface area contributed by atoms with Crippen molar-refractivity contribution < 1.29 is 14.7 Å². The minimum absolute atomic E-state index is 0.0548. The van der Waals surface area contributed by atoms with Gasteiger partial charge in [0, 0.05) is 12.2 Å². The van der Waals surface area contributed by atoms with Crippen LogP contribution in [-0.2, 0) is 9.59 Å². The molecule has 0 aliphatic rings. The van der Waals surface area contributed by atoms with E-state index in [1.807, 2.05) is 18.2 Å². The van der Waals surface area contributed by atoms with Crippen LogP contribution in [0.2, 0.25) is 0 Å². The standard InChI is InChI=1S/C15H22N2O3/c1-4-10(2)12-7-5-6-8-13(12)17-15(20)14(19)16-9-11(3)18/h5-8,10-11,18H,4,9H2,1-3H3,(H,16,19)(H,17,20). The van der Waals surface area contributed by atoms with E-state index in [1.165, 1.54) is 6.92 Å². The maximum atomic E-state index is 11.8. The summed E-state index contributed by atoms with van der Waals surface area (Å²) >= 11 is 0. The molecule has 5 nitrogen and oxygen atoms in total. The highest BCUT2D eigenvalue weighted by molar-refractivity contribution is 6.39. The fourth-order valence-electron chi connectivity index (χ4n) is 1.76. The van der Waals surface area contributed by atoms with Crippen LogP contribution in [0.1, 0.15) is 38.7 Å². The minimum Gasteiger partial charge on any atom is -0.392 e. The molecule has 0 aliphatic carbocycles. The average Bonchev–Trinajstić information content (AvgIpc) is 2.44. The van der Waals surface area contributed by atoms with E-state index in [4.69, 9.17) is 5.11 Å². The van der Waals surface area contributed by atoms with Crippen LogP contribution in [0.3, 0.4) is 0 Å². The minimum atomic E-state index is -0.746. The van der Waals surface area contributed by atoms with Crippen LogP contribution in [-0.4, -0.2) is 29.6 Å². The van der Waals surface area contributed by atoms with E-state index in [9.17, 15) is 9.59 Å². The Balaban J connectivity index is 2.73. The Morgan fingerprint density at radius 3 is 2.45 bits per heavy atom. The maximum Gasteiger partial charge on any atom is 0.313 e. The Labute approximate surface area is 119 Å². The summed E-state index contributed by atoms with van der Waals surface area (Å²) in [4.78, 5) is 23.4. The fourth-order valence-corrected chi connectivity index (χ4v) is 1.76. The normalized spacial score (nSPS) is 13.4. The predicted molar refractivity (Wildman–Crippen MR) is 78.5 cm³/mol. The van der Waals surface area contributed by atoms with Crippen LogP contribution in [0, 0.1) is 0 Å². The third kappa shape index (κ3) is 4.66. The van der Waals surface area contributed by atoms with Crippen molar-refractivity contribution in [2.45, 2.75) is 39.2 Å². The quantitative estimate of drug-likeness (QED) is 0.716. The summed E-state index contributed by atoms with van der Waals surface area (Å²) in [6, 6.07) is 7.44. The molecule has 3 N–H and O–H groups in total. The molecule has 20 heavy (non-hydrogen) atoms. The van der Waals surface area contributed by atoms with Gasteiger partial charge in [0.1, 0.15) is 0 Å². The van der Waals surface area contributed by atoms with Crippen LogP contribution in [0.25, 0.3) is 0 Å². The van der Waals surface area contributed by atoms with Crippen LogP contribution in [0.15, 0.2) is 24.3 Å². The number of aliphatic hydroxyl groups is 1. The smallest absolute Gasteiger partial charge is 0.313 e. The van der Waals surface area contributed by atoms with Gasteiger partial charge in [0.2, 0.25) is 0 Å². The topological polar surface area (TPSA) is 78.4 Å². The SMILES string of the molecule is CCC(C)c1ccccc1NC(=O)C(=O)NCC(C)O. The summed E-state index contributed by atoms with van der Waals surface area (Å²) < 4.78 is 0. The van der Waals surface area contributed by atoms with Crippen LogP contribution in [0.5, 0.6) is 0 Å². The molecule has 2 unspecified atom stereocenters. The van der Waals surface area contributed by atoms with E-state index in [0.717, 1.165) is 12.0 Å². The van der Waals surface area contributed by atoms with Crippen LogP contribution >= 0.6 is 0 Å². The van der Waals surface area contributed by atoms with Crippen molar-refractivity contribution in [3.8, 4) is 0 Å². The van der Waals surface area contributed by atoms with Crippen molar-refractivity contribution in [3.05, 3.63) is 29.8 Å². The van der Waals surface area contributed by atoms with Crippen molar-refractivity contribution in [2.75, 3.05) is 11.9 Å². The van der Waals surface area contributed by atoms with Gasteiger partial charge < -0.3 is 15.7 Å². The lowest BCUT2D eigenvalue weighted by Crippen LogP contribution is -2.39. The van der Waals surface area contributed by atoms with Gasteiger partial charge in [-0.15, -0.1) is 0 Å². The number of anilines is 1. The second kappa shape index (κ2) is 7.65. The molecule has 0 saturated carbocycles. The molecule has 0 aliphatic heterocycles. The van der Waals surface area contributed by atoms with Gasteiger partial charge in [0.25, 0.3) is 0 Å². The maximum absolute atomic E-state index is 11.8. The summed E-state index contributed by atoms with van der Waals surface area (Å²) in [7, 11) is 0. The number of hydrogen-bond donors (Lipinski definition) is 3. The number of nitrogens with one attached hydrogen (secondary N) is 2. The molecule has 5 heteroatoms. The predicted octanol–water partition coefficient (Wildman–Crippen LogP) is 1.64. The van der Waals surface area contributed by atoms with Crippen LogP contribution in [0.4, 0.5) is 5.69 Å². The largest absolute Gasteiger partial charge is 0.392 e. The molecule has 0 spiro atoms. The van der Waals surface area contributed by atoms with E-state index >= 15 is 0 Å². The Kier molecular flexibility index (Phi) is 6.18. The first kappa shape index (κ1) is 16.2. The first-order valence-electron chi connectivity index (χ1n) is 6.81. The molecule has 2 amide bonds. The summed E-state index contributed by atoms with van der Waals surface area (Å²) in [6.07, 6.45) is 0.264. The summed E-state index contributed by atoms with van der Waals surface area (Å²) in [5.74, 6) is -1.17. The molecule has 1 aromatic carbocycles. The van der Waals surface area contributed by atoms with E-state index in [1.54, 1.807) is 6.07 Å². The lowest BCUT2D eigenvalue weighted by atomic mass is 9.97. The lowest BCUT2D eigenvalue weighted by Gasteiger charge is -2.15. The number of rotatable bonds is 5. The van der Waals surface area contributed by atoms with Gasteiger partial charge in [-0.05, 0) is 30.9 Å². The molecule has 0 fully saturated rings. The Hall–Kier alpha value is -1.88. The monoisotopic (exact) mass is 278 g/mol. The molecule has 0 aromatic heterocycles. The second-order valence-corrected chi connectivity index (χ2v) is 4.91. The van der Waals surface area contributed by atoms with Gasteiger partial charge in [0.15, 0.2) is 0 Å². The number of para-hydroxylation sites is 1. The first-order valence-corrected chi connectivity index (χ1v) is 6.81. The fraction of sp³-hybridized carbons (Fsp3) is 0.467. The highest BCUT2D eigenvalue weighted by atomic mass is 16.3. The summed E-state index contributed by atoms with van der Waals surface area (Å²) in [5, 5.41) is 14.1. The molecule has 0 radical (unpaired) electrons. The highest BCUT2D eigenvalue weighted by Gasteiger charge is 2.16. The highest BCUT2D eigenvalue weighted by Crippen LogP contribution is 2.26. The molecule has 0 heterocycles. The number of benzene rings is 1. The van der Waals surface area contributed by atoms with Crippen molar-refractivity contribution >= 4 is 17.5 Å². The van der Waals surface area contributed by atoms with E-state index < -0.39 is 17.9 Å². The molecular weight excluding hydrogens is 256 g/mol. The van der Waals surface area contributed by atoms with Gasteiger partial charge in [-0.1, -0.05) is 32.0 Å². The third-order valence-corrected chi connectivity index (χ3v) is 3.12. The molecule has 0 saturated heterocycles. The van der Waals surface area contributed by atoms with Gasteiger partial charge in [-0.2, -0.15) is 0 Å². The zero-order chi connectivity index (χ0) is 15.1. The number of carbonyl (C=O) groups is 2. The molecular formula is C15H22N2O3. The van der Waals surface area contributed by atoms with Gasteiger partial charge in [0.05, 0.1) is 6.10 Å². The van der Waals surface area contributed by atoms with Crippen molar-refractivity contribution in [1.29, 1.82) is 0 Å². The lowest BCUT2D eigenvalue weighted by molar-refractivity contribution is -0.136. The van der Waals surface area contributed by atoms with Crippen molar-refractivity contribution in [1.82, 2.24) is 5.32 Å². The Morgan fingerprint density at radius 2 is 1.85 bits per heavy atom. The van der Waals surface area contributed by atoms with Gasteiger partial charge >= 0.3 is 11.8 Å². The number of aliphatic hydroxyl groups excluding tert-OH is 1. The number of carbonyl (C=O) groups excluding carboxylic acids is 2. The Morgan fingerprint density at radius 1 is 1.20 bits per heavy atom. The molecule has 110 valence electrons. The van der Waals surface area contributed by atoms with Crippen LogP contribution < -0.4 is 10.6 Å². The number of hydrogen-bond acceptors (Lipinski definition) is 3. The molecule has 0 bridgehead atoms. The second-order valence-electron chi connectivity index (χ2n) is 4.91. The van der Waals surface area contributed by atoms with Gasteiger partial charge in [-0.3, -0.25) is 9.59 Å². The van der Waals surface area contributed by atoms with E-state index in [2.05, 4.69) is 24.5 Å². The van der Waals surface area contributed by atoms with Crippen molar-refractivity contribution in [2.24, 2.45) is 0 Å². The third-order valence-electron chi connectivity index (χ3n) is 3.12. The Bertz CT molecular complexity index is 472. The zero-order valence-corrected chi connectivity index (χ0v) is 12.1. The molecule has 1 rings (SSSR count). The van der Waals surface area contributed by atoms with Crippen molar-refractivity contribution in [3.63, 3.8) is 0 Å². The first-order chi connectivity index (χ1) is 9.45. The molecule has 2 atom stereocenters. The van der Waals surface area contributed by atoms with E-state index in [0.29, 0.717) is 11.6 Å². The summed E-state index contributed by atoms with van der Waals surface area (Å²) in [6.45, 7) is 5.73. The summed E-state index contributed by atoms with van der Waals surface area (Å²) in [5.41, 5.74) is 1.66. The molecule has 1 aromatic rings.